The number of Topliss-reactive ketones (excluding diaryl/α,β-unsaturated/α-hetero) is 2. The third kappa shape index (κ3) is 4.78. The molecule has 6 nitrogen and oxygen atoms in total. The summed E-state index contributed by atoms with van der Waals surface area (Å²) in [7, 11) is 0. The number of rotatable bonds is 5. The highest BCUT2D eigenvalue weighted by molar-refractivity contribution is 5.98. The minimum Gasteiger partial charge on any atom is -0.445 e. The lowest BCUT2D eigenvalue weighted by atomic mass is 9.86. The van der Waals surface area contributed by atoms with Crippen LogP contribution in [0.15, 0.2) is 54.7 Å². The van der Waals surface area contributed by atoms with E-state index in [0.29, 0.717) is 12.1 Å². The Morgan fingerprint density at radius 2 is 1.89 bits per heavy atom. The Hall–Kier alpha value is -3.02. The molecular formula is C21H22N2O4. The van der Waals surface area contributed by atoms with Crippen LogP contribution in [0.1, 0.15) is 35.8 Å². The van der Waals surface area contributed by atoms with Gasteiger partial charge in [-0.1, -0.05) is 36.4 Å². The topological polar surface area (TPSA) is 76.6 Å². The van der Waals surface area contributed by atoms with E-state index >= 15 is 0 Å². The molecule has 1 saturated heterocycles. The van der Waals surface area contributed by atoms with Gasteiger partial charge < -0.3 is 4.74 Å². The quantitative estimate of drug-likeness (QED) is 0.759. The van der Waals surface area contributed by atoms with Crippen molar-refractivity contribution >= 4 is 17.7 Å². The standard InChI is InChI=1S/C21H22N2O4/c1-15-11-17(12-19(24)18-9-5-6-10-22-18)20(25)13-23(15)21(26)27-14-16-7-3-2-4-8-16/h2-10,15,17H,11-14H2,1H3. The van der Waals surface area contributed by atoms with Crippen LogP contribution >= 0.6 is 0 Å². The van der Waals surface area contributed by atoms with Crippen molar-refractivity contribution in [2.45, 2.75) is 32.4 Å². The fourth-order valence-electron chi connectivity index (χ4n) is 3.22. The maximum Gasteiger partial charge on any atom is 0.410 e. The number of hydrogen-bond donors (Lipinski definition) is 0. The fourth-order valence-corrected chi connectivity index (χ4v) is 3.22. The number of hydrogen-bond acceptors (Lipinski definition) is 5. The van der Waals surface area contributed by atoms with E-state index in [-0.39, 0.29) is 37.2 Å². The van der Waals surface area contributed by atoms with Crippen molar-refractivity contribution in [3.05, 3.63) is 66.0 Å². The lowest BCUT2D eigenvalue weighted by Crippen LogP contribution is -2.49. The Morgan fingerprint density at radius 3 is 2.59 bits per heavy atom. The van der Waals surface area contributed by atoms with Crippen molar-refractivity contribution in [1.82, 2.24) is 9.88 Å². The first-order chi connectivity index (χ1) is 13.0. The van der Waals surface area contributed by atoms with E-state index in [9.17, 15) is 14.4 Å². The molecule has 6 heteroatoms. The van der Waals surface area contributed by atoms with Crippen molar-refractivity contribution in [1.29, 1.82) is 0 Å². The van der Waals surface area contributed by atoms with Crippen molar-refractivity contribution < 1.29 is 19.1 Å². The van der Waals surface area contributed by atoms with Gasteiger partial charge in [-0.15, -0.1) is 0 Å². The molecule has 0 aliphatic carbocycles. The van der Waals surface area contributed by atoms with Crippen LogP contribution in [0.25, 0.3) is 0 Å². The van der Waals surface area contributed by atoms with Crippen LogP contribution in [0.4, 0.5) is 4.79 Å². The molecule has 3 rings (SSSR count). The zero-order chi connectivity index (χ0) is 19.2. The predicted molar refractivity (Wildman–Crippen MR) is 99.1 cm³/mol. The lowest BCUT2D eigenvalue weighted by Gasteiger charge is -2.35. The average Bonchev–Trinajstić information content (AvgIpc) is 2.70. The second kappa shape index (κ2) is 8.58. The highest BCUT2D eigenvalue weighted by Crippen LogP contribution is 2.25. The smallest absolute Gasteiger partial charge is 0.410 e. The third-order valence-corrected chi connectivity index (χ3v) is 4.76. The summed E-state index contributed by atoms with van der Waals surface area (Å²) in [6, 6.07) is 14.3. The van der Waals surface area contributed by atoms with E-state index in [2.05, 4.69) is 4.98 Å². The number of aromatic nitrogens is 1. The predicted octanol–water partition coefficient (Wildman–Crippen LogP) is 3.27. The highest BCUT2D eigenvalue weighted by Gasteiger charge is 2.36. The Morgan fingerprint density at radius 1 is 1.15 bits per heavy atom. The number of amides is 1. The normalized spacial score (nSPS) is 19.6. The third-order valence-electron chi connectivity index (χ3n) is 4.76. The average molecular weight is 366 g/mol. The molecule has 1 aliphatic heterocycles. The van der Waals surface area contributed by atoms with Crippen LogP contribution in [-0.2, 0) is 16.1 Å². The van der Waals surface area contributed by atoms with Gasteiger partial charge in [-0.2, -0.15) is 0 Å². The van der Waals surface area contributed by atoms with Gasteiger partial charge in [0.25, 0.3) is 0 Å². The first-order valence-electron chi connectivity index (χ1n) is 8.99. The molecule has 2 unspecified atom stereocenters. The number of ketones is 2. The molecule has 2 atom stereocenters. The molecule has 1 aromatic heterocycles. The summed E-state index contributed by atoms with van der Waals surface area (Å²) in [5.41, 5.74) is 1.25. The molecule has 0 radical (unpaired) electrons. The summed E-state index contributed by atoms with van der Waals surface area (Å²) in [5, 5.41) is 0. The molecule has 0 spiro atoms. The van der Waals surface area contributed by atoms with Gasteiger partial charge in [-0.25, -0.2) is 4.79 Å². The van der Waals surface area contributed by atoms with Crippen LogP contribution in [0.2, 0.25) is 0 Å². The van der Waals surface area contributed by atoms with Crippen LogP contribution in [0.5, 0.6) is 0 Å². The van der Waals surface area contributed by atoms with E-state index in [4.69, 9.17) is 4.74 Å². The maximum atomic E-state index is 12.5. The van der Waals surface area contributed by atoms with Gasteiger partial charge in [-0.3, -0.25) is 19.5 Å². The van der Waals surface area contributed by atoms with E-state index in [1.165, 1.54) is 4.90 Å². The second-order valence-electron chi connectivity index (χ2n) is 6.76. The fraction of sp³-hybridized carbons (Fsp3) is 0.333. The Labute approximate surface area is 158 Å². The lowest BCUT2D eigenvalue weighted by molar-refractivity contribution is -0.127. The summed E-state index contributed by atoms with van der Waals surface area (Å²) < 4.78 is 5.33. The van der Waals surface area contributed by atoms with Gasteiger partial charge in [0.05, 0.1) is 6.54 Å². The molecule has 0 N–H and O–H groups in total. The minimum absolute atomic E-state index is 0.0328. The van der Waals surface area contributed by atoms with Crippen molar-refractivity contribution in [3.8, 4) is 0 Å². The van der Waals surface area contributed by atoms with Crippen LogP contribution in [-0.4, -0.2) is 40.1 Å². The maximum absolute atomic E-state index is 12.5. The SMILES string of the molecule is CC1CC(CC(=O)c2ccccn2)C(=O)CN1C(=O)OCc1ccccc1. The summed E-state index contributed by atoms with van der Waals surface area (Å²) in [5.74, 6) is -0.664. The number of benzene rings is 1. The molecule has 140 valence electrons. The molecule has 27 heavy (non-hydrogen) atoms. The Kier molecular flexibility index (Phi) is 5.96. The summed E-state index contributed by atoms with van der Waals surface area (Å²) in [6.07, 6.45) is 1.61. The zero-order valence-electron chi connectivity index (χ0n) is 15.2. The molecule has 1 amide bonds. The highest BCUT2D eigenvalue weighted by atomic mass is 16.6. The van der Waals surface area contributed by atoms with Crippen molar-refractivity contribution in [2.75, 3.05) is 6.54 Å². The second-order valence-corrected chi connectivity index (χ2v) is 6.76. The number of pyridine rings is 1. The first kappa shape index (κ1) is 18.8. The van der Waals surface area contributed by atoms with Gasteiger partial charge in [0.15, 0.2) is 11.6 Å². The molecular weight excluding hydrogens is 344 g/mol. The van der Waals surface area contributed by atoms with Gasteiger partial charge >= 0.3 is 6.09 Å². The number of likely N-dealkylation sites (tertiary alicyclic amines) is 1. The first-order valence-corrected chi connectivity index (χ1v) is 8.99. The van der Waals surface area contributed by atoms with E-state index in [0.717, 1.165) is 5.56 Å². The van der Waals surface area contributed by atoms with Crippen LogP contribution < -0.4 is 0 Å². The largest absolute Gasteiger partial charge is 0.445 e. The van der Waals surface area contributed by atoms with Gasteiger partial charge in [-0.05, 0) is 31.0 Å². The Bertz CT molecular complexity index is 807. The molecule has 0 saturated carbocycles. The molecule has 1 aliphatic rings. The molecule has 1 aromatic carbocycles. The van der Waals surface area contributed by atoms with Gasteiger partial charge in [0, 0.05) is 24.6 Å². The van der Waals surface area contributed by atoms with E-state index in [1.807, 2.05) is 37.3 Å². The van der Waals surface area contributed by atoms with Crippen LogP contribution in [0.3, 0.4) is 0 Å². The molecule has 2 heterocycles. The number of nitrogens with zero attached hydrogens (tertiary/aromatic N) is 2. The Balaban J connectivity index is 1.55. The van der Waals surface area contributed by atoms with Gasteiger partial charge in [0.2, 0.25) is 0 Å². The zero-order valence-corrected chi connectivity index (χ0v) is 15.2. The monoisotopic (exact) mass is 366 g/mol. The number of carbonyl (C=O) groups excluding carboxylic acids is 3. The summed E-state index contributed by atoms with van der Waals surface area (Å²) in [4.78, 5) is 42.6. The van der Waals surface area contributed by atoms with E-state index < -0.39 is 12.0 Å². The molecule has 2 aromatic rings. The van der Waals surface area contributed by atoms with Crippen molar-refractivity contribution in [2.24, 2.45) is 5.92 Å². The summed E-state index contributed by atoms with van der Waals surface area (Å²) in [6.45, 7) is 2.00. The van der Waals surface area contributed by atoms with Crippen molar-refractivity contribution in [3.63, 3.8) is 0 Å². The minimum atomic E-state index is -0.505. The molecule has 1 fully saturated rings. The van der Waals surface area contributed by atoms with Gasteiger partial charge in [0.1, 0.15) is 12.3 Å². The van der Waals surface area contributed by atoms with Crippen LogP contribution in [0, 0.1) is 5.92 Å². The summed E-state index contributed by atoms with van der Waals surface area (Å²) >= 11 is 0. The number of piperidine rings is 1. The molecule has 0 bridgehead atoms. The number of carbonyl (C=O) groups is 3. The number of ether oxygens (including phenoxy) is 1. The van der Waals surface area contributed by atoms with E-state index in [1.54, 1.807) is 24.4 Å².